The molecule has 210 valence electrons. The number of carbonyl (C=O) groups is 2. The van der Waals surface area contributed by atoms with E-state index < -0.39 is 36.0 Å². The van der Waals surface area contributed by atoms with E-state index in [9.17, 15) is 27.9 Å². The van der Waals surface area contributed by atoms with Crippen LogP contribution in [0, 0.1) is 5.82 Å². The van der Waals surface area contributed by atoms with Crippen LogP contribution in [0.2, 0.25) is 5.02 Å². The van der Waals surface area contributed by atoms with Crippen LogP contribution in [0.3, 0.4) is 0 Å². The smallest absolute Gasteiger partial charge is 0.410 e. The van der Waals surface area contributed by atoms with Crippen LogP contribution in [0.4, 0.5) is 18.0 Å². The van der Waals surface area contributed by atoms with Crippen molar-refractivity contribution in [3.8, 4) is 0 Å². The zero-order chi connectivity index (χ0) is 28.6. The summed E-state index contributed by atoms with van der Waals surface area (Å²) < 4.78 is 44.8. The molecule has 10 nitrogen and oxygen atoms in total. The molecule has 3 aliphatic heterocycles. The molecule has 3 N–H and O–H groups in total. The minimum absolute atomic E-state index is 0.0255. The van der Waals surface area contributed by atoms with Crippen LogP contribution in [0.25, 0.3) is 0 Å². The van der Waals surface area contributed by atoms with E-state index in [1.54, 1.807) is 11.6 Å². The number of amidine groups is 1. The highest BCUT2D eigenvalue weighted by atomic mass is 35.5. The minimum atomic E-state index is -2.94. The predicted molar refractivity (Wildman–Crippen MR) is 141 cm³/mol. The summed E-state index contributed by atoms with van der Waals surface area (Å²) in [4.78, 5) is 39.6. The van der Waals surface area contributed by atoms with Gasteiger partial charge in [-0.25, -0.2) is 19.2 Å². The molecule has 1 aromatic heterocycles. The Balaban J connectivity index is 1.70. The van der Waals surface area contributed by atoms with Gasteiger partial charge in [0.25, 0.3) is 0 Å². The molecule has 1 aromatic carbocycles. The lowest BCUT2D eigenvalue weighted by molar-refractivity contribution is -0.137. The number of carboxylic acids is 1. The number of cyclic esters (lactones) is 1. The number of thiazole rings is 1. The molecular formula is C25H22ClF3N6O4S. The van der Waals surface area contributed by atoms with Gasteiger partial charge in [-0.1, -0.05) is 17.7 Å². The molecule has 0 unspecified atom stereocenters. The number of benzene rings is 1. The van der Waals surface area contributed by atoms with Crippen LogP contribution in [-0.4, -0.2) is 75.8 Å². The number of carboxylic acid groups (broad SMARTS) is 1. The van der Waals surface area contributed by atoms with E-state index in [2.05, 4.69) is 9.98 Å². The Kier molecular flexibility index (Phi) is 7.55. The lowest BCUT2D eigenvalue weighted by atomic mass is 9.89. The zero-order valence-electron chi connectivity index (χ0n) is 20.6. The largest absolute Gasteiger partial charge is 0.481 e. The summed E-state index contributed by atoms with van der Waals surface area (Å²) >= 11 is 7.77. The number of amides is 1. The molecule has 40 heavy (non-hydrogen) atoms. The monoisotopic (exact) mass is 594 g/mol. The van der Waals surface area contributed by atoms with Gasteiger partial charge in [0.1, 0.15) is 24.0 Å². The SMILES string of the molecule is NC(=CC=NC(F)F)C1=C2C[C@@]3(COC(=O)N3CCC(=O)O)CN2C(c2nccs2)=N[C@H]1c1ccc(F)cc1Cl. The Morgan fingerprint density at radius 1 is 1.43 bits per heavy atom. The fraction of sp³-hybridized carbons (Fsp3) is 0.320. The number of aromatic nitrogens is 1. The molecule has 0 aliphatic carbocycles. The zero-order valence-corrected chi connectivity index (χ0v) is 22.2. The highest BCUT2D eigenvalue weighted by Crippen LogP contribution is 2.48. The number of nitrogens with two attached hydrogens (primary N) is 1. The van der Waals surface area contributed by atoms with E-state index in [0.717, 1.165) is 12.3 Å². The maximum atomic E-state index is 14.0. The second-order valence-corrected chi connectivity index (χ2v) is 10.6. The van der Waals surface area contributed by atoms with Crippen molar-refractivity contribution in [2.45, 2.75) is 31.0 Å². The van der Waals surface area contributed by atoms with E-state index in [1.165, 1.54) is 34.4 Å². The van der Waals surface area contributed by atoms with Gasteiger partial charge < -0.3 is 20.5 Å². The molecule has 2 fully saturated rings. The molecule has 0 radical (unpaired) electrons. The number of aliphatic carboxylic acids is 1. The van der Waals surface area contributed by atoms with Gasteiger partial charge in [-0.05, 0) is 18.2 Å². The van der Waals surface area contributed by atoms with Crippen LogP contribution in [0.5, 0.6) is 0 Å². The fourth-order valence-electron chi connectivity index (χ4n) is 5.12. The third-order valence-corrected chi connectivity index (χ3v) is 7.91. The highest BCUT2D eigenvalue weighted by Gasteiger charge is 2.56. The molecule has 1 amide bonds. The lowest BCUT2D eigenvalue weighted by Crippen LogP contribution is -2.50. The Hall–Kier alpha value is -3.91. The van der Waals surface area contributed by atoms with Crippen molar-refractivity contribution in [3.63, 3.8) is 0 Å². The number of alkyl halides is 2. The Bertz CT molecular complexity index is 1460. The molecule has 0 saturated carbocycles. The average molecular weight is 595 g/mol. The second-order valence-electron chi connectivity index (χ2n) is 9.25. The van der Waals surface area contributed by atoms with Crippen LogP contribution in [-0.2, 0) is 9.53 Å². The first-order valence-electron chi connectivity index (χ1n) is 12.0. The summed E-state index contributed by atoms with van der Waals surface area (Å²) in [6.45, 7) is -2.88. The van der Waals surface area contributed by atoms with Crippen LogP contribution in [0.1, 0.15) is 29.5 Å². The van der Waals surface area contributed by atoms with Crippen LogP contribution in [0.15, 0.2) is 62.8 Å². The second kappa shape index (κ2) is 10.9. The summed E-state index contributed by atoms with van der Waals surface area (Å²) in [5.41, 5.74) is 6.93. The Labute approximate surface area is 234 Å². The van der Waals surface area contributed by atoms with E-state index in [4.69, 9.17) is 27.1 Å². The number of hydrogen-bond acceptors (Lipinski definition) is 9. The maximum absolute atomic E-state index is 14.0. The molecular weight excluding hydrogens is 573 g/mol. The van der Waals surface area contributed by atoms with Crippen LogP contribution >= 0.6 is 22.9 Å². The fourth-order valence-corrected chi connectivity index (χ4v) is 6.04. The van der Waals surface area contributed by atoms with Gasteiger partial charge in [-0.3, -0.25) is 14.7 Å². The molecule has 4 heterocycles. The Morgan fingerprint density at radius 2 is 2.23 bits per heavy atom. The predicted octanol–water partition coefficient (Wildman–Crippen LogP) is 4.20. The van der Waals surface area contributed by atoms with E-state index >= 15 is 0 Å². The van der Waals surface area contributed by atoms with Crippen molar-refractivity contribution in [1.29, 1.82) is 0 Å². The van der Waals surface area contributed by atoms with Gasteiger partial charge in [0, 0.05) is 58.3 Å². The molecule has 2 saturated heterocycles. The third kappa shape index (κ3) is 5.16. The van der Waals surface area contributed by atoms with Crippen molar-refractivity contribution in [2.24, 2.45) is 15.7 Å². The number of rotatable bonds is 8. The summed E-state index contributed by atoms with van der Waals surface area (Å²) in [5, 5.41) is 11.6. The average Bonchev–Trinajstić information content (AvgIpc) is 3.61. The minimum Gasteiger partial charge on any atom is -0.481 e. The van der Waals surface area contributed by atoms with Gasteiger partial charge >= 0.3 is 18.6 Å². The quantitative estimate of drug-likeness (QED) is 0.346. The molecule has 5 rings (SSSR count). The van der Waals surface area contributed by atoms with Crippen molar-refractivity contribution in [3.05, 3.63) is 74.2 Å². The number of carbonyl (C=O) groups excluding carboxylic acids is 1. The standard InChI is InChI=1S/C25H22ClF3N6O4S/c26-15-9-13(27)1-2-14(15)20-19(16(30)3-5-32-23(28)29)17-10-25(12-39-24(38)35(25)7-4-18(36)37)11-34(17)21(33-20)22-31-6-8-40-22/h1-3,5-6,8-9,20,23H,4,7,10-12,30H2,(H,36,37)/t20-,25-/m0/s1. The molecule has 15 heteroatoms. The van der Waals surface area contributed by atoms with Gasteiger partial charge in [0.2, 0.25) is 0 Å². The summed E-state index contributed by atoms with van der Waals surface area (Å²) in [5.74, 6) is -1.21. The summed E-state index contributed by atoms with van der Waals surface area (Å²) in [6, 6.07) is 2.93. The van der Waals surface area contributed by atoms with E-state index in [0.29, 0.717) is 27.7 Å². The number of allylic oxidation sites excluding steroid dienone is 1. The molecule has 2 aromatic rings. The number of ether oxygens (including phenoxy) is 1. The topological polar surface area (TPSA) is 134 Å². The first-order valence-corrected chi connectivity index (χ1v) is 13.2. The first-order chi connectivity index (χ1) is 19.1. The molecule has 1 spiro atoms. The Morgan fingerprint density at radius 3 is 2.90 bits per heavy atom. The normalized spacial score (nSPS) is 23.0. The summed E-state index contributed by atoms with van der Waals surface area (Å²) in [7, 11) is 0. The van der Waals surface area contributed by atoms with Gasteiger partial charge in [0.15, 0.2) is 10.8 Å². The number of halogens is 4. The third-order valence-electron chi connectivity index (χ3n) is 6.82. The van der Waals surface area contributed by atoms with Crippen molar-refractivity contribution >= 4 is 47.1 Å². The highest BCUT2D eigenvalue weighted by molar-refractivity contribution is 7.11. The van der Waals surface area contributed by atoms with E-state index in [-0.39, 0.29) is 43.3 Å². The van der Waals surface area contributed by atoms with Crippen molar-refractivity contribution < 1.29 is 32.6 Å². The van der Waals surface area contributed by atoms with E-state index in [1.807, 2.05) is 4.90 Å². The van der Waals surface area contributed by atoms with Crippen molar-refractivity contribution in [1.82, 2.24) is 14.8 Å². The van der Waals surface area contributed by atoms with Gasteiger partial charge in [-0.2, -0.15) is 8.78 Å². The molecule has 2 atom stereocenters. The number of nitrogens with zero attached hydrogens (tertiary/aromatic N) is 5. The first kappa shape index (κ1) is 27.6. The molecule has 0 bridgehead atoms. The number of fused-ring (bicyclic) bond motifs is 1. The number of aliphatic imine (C=N–C) groups is 2. The van der Waals surface area contributed by atoms with Crippen LogP contribution < -0.4 is 5.73 Å². The summed E-state index contributed by atoms with van der Waals surface area (Å²) in [6.07, 6.45) is 2.92. The molecule has 3 aliphatic rings. The maximum Gasteiger partial charge on any atom is 0.410 e. The number of hydrogen-bond donors (Lipinski definition) is 2. The van der Waals surface area contributed by atoms with Gasteiger partial charge in [0.05, 0.1) is 13.0 Å². The van der Waals surface area contributed by atoms with Crippen molar-refractivity contribution in [2.75, 3.05) is 19.7 Å². The van der Waals surface area contributed by atoms with Gasteiger partial charge in [-0.15, -0.1) is 11.3 Å². The lowest BCUT2D eigenvalue weighted by Gasteiger charge is -2.33.